The van der Waals surface area contributed by atoms with E-state index in [1.54, 1.807) is 26.0 Å². The van der Waals surface area contributed by atoms with E-state index < -0.39 is 44.4 Å². The van der Waals surface area contributed by atoms with Crippen molar-refractivity contribution in [3.8, 4) is 0 Å². The second kappa shape index (κ2) is 6.31. The molecule has 168 valence electrons. The zero-order valence-electron chi connectivity index (χ0n) is 18.2. The van der Waals surface area contributed by atoms with Gasteiger partial charge in [0, 0.05) is 10.8 Å². The van der Waals surface area contributed by atoms with Crippen LogP contribution >= 0.6 is 23.2 Å². The number of halogens is 2. The van der Waals surface area contributed by atoms with Crippen LogP contribution in [0.15, 0.2) is 23.8 Å². The summed E-state index contributed by atoms with van der Waals surface area (Å²) in [6.07, 6.45) is 7.56. The van der Waals surface area contributed by atoms with Crippen LogP contribution in [-0.4, -0.2) is 45.6 Å². The standard InChI is InChI=1S/C24H28Cl2O5/c1-20(2)30-19-10-16-15-6-5-13-9-14(28)7-8-21(13,3)23(15,26)17(25)11-22(16,4)24(19,31-20)18(29)12-27/h7-9,12,15-17,19H,5-6,10-11H2,1-4H3/t15-,16-,17-,19+,21-,22-,23-,24+/m0/s1. The number of rotatable bonds is 2. The summed E-state index contributed by atoms with van der Waals surface area (Å²) in [7, 11) is 0. The number of allylic oxidation sites excluding steroid dienone is 4. The molecule has 4 fully saturated rings. The lowest BCUT2D eigenvalue weighted by atomic mass is 9.46. The molecular formula is C24H28Cl2O5. The van der Waals surface area contributed by atoms with Crippen molar-refractivity contribution < 1.29 is 23.9 Å². The van der Waals surface area contributed by atoms with Crippen LogP contribution < -0.4 is 0 Å². The number of carbonyl (C=O) groups is 3. The van der Waals surface area contributed by atoms with E-state index in [1.807, 2.05) is 13.0 Å². The van der Waals surface area contributed by atoms with Gasteiger partial charge in [0.2, 0.25) is 5.78 Å². The lowest BCUT2D eigenvalue weighted by Gasteiger charge is -2.64. The quantitative estimate of drug-likeness (QED) is 0.347. The number of Topliss-reactive ketones (excluding diaryl/α,β-unsaturated/α-hetero) is 1. The van der Waals surface area contributed by atoms with Gasteiger partial charge in [-0.1, -0.05) is 25.5 Å². The van der Waals surface area contributed by atoms with Gasteiger partial charge in [0.15, 0.2) is 23.5 Å². The van der Waals surface area contributed by atoms with Gasteiger partial charge in [0.05, 0.1) is 16.4 Å². The number of ether oxygens (including phenoxy) is 2. The summed E-state index contributed by atoms with van der Waals surface area (Å²) in [5.74, 6) is -1.59. The van der Waals surface area contributed by atoms with E-state index >= 15 is 0 Å². The molecule has 5 rings (SSSR count). The van der Waals surface area contributed by atoms with E-state index in [1.165, 1.54) is 0 Å². The van der Waals surface area contributed by atoms with Crippen LogP contribution in [-0.2, 0) is 23.9 Å². The number of fused-ring (bicyclic) bond motifs is 7. The molecule has 0 aromatic carbocycles. The first-order valence-corrected chi connectivity index (χ1v) is 11.8. The Morgan fingerprint density at radius 3 is 2.61 bits per heavy atom. The van der Waals surface area contributed by atoms with Crippen LogP contribution in [0.3, 0.4) is 0 Å². The molecule has 7 heteroatoms. The molecule has 31 heavy (non-hydrogen) atoms. The molecule has 0 amide bonds. The van der Waals surface area contributed by atoms with E-state index in [2.05, 4.69) is 6.92 Å². The molecule has 0 radical (unpaired) electrons. The Morgan fingerprint density at radius 1 is 1.23 bits per heavy atom. The van der Waals surface area contributed by atoms with Gasteiger partial charge in [-0.25, -0.2) is 0 Å². The smallest absolute Gasteiger partial charge is 0.230 e. The van der Waals surface area contributed by atoms with E-state index in [9.17, 15) is 14.4 Å². The first-order valence-electron chi connectivity index (χ1n) is 11.0. The normalized spacial score (nSPS) is 51.9. The Balaban J connectivity index is 1.65. The molecule has 0 unspecified atom stereocenters. The van der Waals surface area contributed by atoms with Crippen molar-refractivity contribution in [2.24, 2.45) is 22.7 Å². The van der Waals surface area contributed by atoms with Crippen LogP contribution in [0.2, 0.25) is 0 Å². The maximum atomic E-state index is 13.1. The molecule has 0 aromatic heterocycles. The van der Waals surface area contributed by atoms with E-state index in [0.29, 0.717) is 19.1 Å². The fourth-order valence-corrected chi connectivity index (χ4v) is 9.00. The van der Waals surface area contributed by atoms with Gasteiger partial charge in [-0.2, -0.15) is 0 Å². The van der Waals surface area contributed by atoms with Crippen LogP contribution in [0.4, 0.5) is 0 Å². The monoisotopic (exact) mass is 466 g/mol. The van der Waals surface area contributed by atoms with Crippen molar-refractivity contribution in [2.45, 2.75) is 81.1 Å². The largest absolute Gasteiger partial charge is 0.344 e. The summed E-state index contributed by atoms with van der Waals surface area (Å²) in [6.45, 7) is 7.64. The Bertz CT molecular complexity index is 956. The van der Waals surface area contributed by atoms with Gasteiger partial charge in [0.25, 0.3) is 0 Å². The summed E-state index contributed by atoms with van der Waals surface area (Å²) in [5, 5.41) is -0.491. The highest BCUT2D eigenvalue weighted by atomic mass is 35.5. The fourth-order valence-electron chi connectivity index (χ4n) is 7.77. The van der Waals surface area contributed by atoms with Crippen molar-refractivity contribution in [1.29, 1.82) is 0 Å². The molecular weight excluding hydrogens is 439 g/mol. The summed E-state index contributed by atoms with van der Waals surface area (Å²) in [4.78, 5) is 36.1. The van der Waals surface area contributed by atoms with Crippen molar-refractivity contribution in [1.82, 2.24) is 0 Å². The third-order valence-corrected chi connectivity index (χ3v) is 10.6. The van der Waals surface area contributed by atoms with Gasteiger partial charge in [-0.05, 0) is 63.5 Å². The fraction of sp³-hybridized carbons (Fsp3) is 0.708. The molecule has 5 aliphatic rings. The molecule has 1 heterocycles. The number of ketones is 2. The molecule has 0 bridgehead atoms. The average Bonchev–Trinajstić information content (AvgIpc) is 3.09. The number of hydrogen-bond acceptors (Lipinski definition) is 5. The SMILES string of the molecule is CC1(C)O[C@@H]2C[C@H]3[C@@H]4CCC5=CC(=O)C=C[C@]5(C)[C@@]4(Cl)[C@@H](Cl)C[C@]3(C)[C@]2(C(=O)C=O)O1. The molecule has 5 nitrogen and oxygen atoms in total. The third kappa shape index (κ3) is 2.39. The molecule has 0 N–H and O–H groups in total. The highest BCUT2D eigenvalue weighted by Crippen LogP contribution is 2.73. The average molecular weight is 467 g/mol. The number of hydrogen-bond donors (Lipinski definition) is 0. The van der Waals surface area contributed by atoms with Crippen LogP contribution in [0.1, 0.15) is 53.4 Å². The topological polar surface area (TPSA) is 69.7 Å². The summed E-state index contributed by atoms with van der Waals surface area (Å²) < 4.78 is 12.5. The highest BCUT2D eigenvalue weighted by Gasteiger charge is 2.79. The minimum absolute atomic E-state index is 0.00518. The number of alkyl halides is 2. The maximum absolute atomic E-state index is 13.1. The Kier molecular flexibility index (Phi) is 4.44. The van der Waals surface area contributed by atoms with Gasteiger partial charge in [-0.15, -0.1) is 23.2 Å². The van der Waals surface area contributed by atoms with Gasteiger partial charge >= 0.3 is 0 Å². The second-order valence-corrected chi connectivity index (χ2v) is 11.9. The van der Waals surface area contributed by atoms with E-state index in [-0.39, 0.29) is 17.6 Å². The first-order chi connectivity index (χ1) is 14.4. The minimum atomic E-state index is -1.36. The number of aldehydes is 1. The Hall–Kier alpha value is -1.01. The zero-order chi connectivity index (χ0) is 22.6. The van der Waals surface area contributed by atoms with Crippen molar-refractivity contribution in [2.75, 3.05) is 0 Å². The lowest BCUT2D eigenvalue weighted by Crippen LogP contribution is -2.68. The molecule has 0 spiro atoms. The molecule has 4 aliphatic carbocycles. The van der Waals surface area contributed by atoms with Gasteiger partial charge in [-0.3, -0.25) is 14.4 Å². The minimum Gasteiger partial charge on any atom is -0.344 e. The molecule has 3 saturated carbocycles. The Labute approximate surface area is 192 Å². The predicted molar refractivity (Wildman–Crippen MR) is 116 cm³/mol. The van der Waals surface area contributed by atoms with Gasteiger partial charge in [0.1, 0.15) is 0 Å². The zero-order valence-corrected chi connectivity index (χ0v) is 19.8. The number of carbonyl (C=O) groups excluding carboxylic acids is 3. The van der Waals surface area contributed by atoms with Crippen molar-refractivity contribution in [3.05, 3.63) is 23.8 Å². The lowest BCUT2D eigenvalue weighted by molar-refractivity contribution is -0.211. The van der Waals surface area contributed by atoms with E-state index in [4.69, 9.17) is 32.7 Å². The summed E-state index contributed by atoms with van der Waals surface area (Å²) >= 11 is 14.6. The van der Waals surface area contributed by atoms with Crippen LogP contribution in [0.5, 0.6) is 0 Å². The third-order valence-electron chi connectivity index (χ3n) is 9.06. The van der Waals surface area contributed by atoms with Crippen molar-refractivity contribution in [3.63, 3.8) is 0 Å². The van der Waals surface area contributed by atoms with Crippen LogP contribution in [0, 0.1) is 22.7 Å². The Morgan fingerprint density at radius 2 is 1.94 bits per heavy atom. The maximum Gasteiger partial charge on any atom is 0.230 e. The molecule has 0 aromatic rings. The first kappa shape index (κ1) is 21.8. The molecule has 8 atom stereocenters. The van der Waals surface area contributed by atoms with E-state index in [0.717, 1.165) is 18.4 Å². The second-order valence-electron chi connectivity index (χ2n) is 10.8. The molecule has 1 saturated heterocycles. The molecule has 1 aliphatic heterocycles. The van der Waals surface area contributed by atoms with Gasteiger partial charge < -0.3 is 9.47 Å². The summed E-state index contributed by atoms with van der Waals surface area (Å²) in [5.41, 5.74) is -1.58. The summed E-state index contributed by atoms with van der Waals surface area (Å²) in [6, 6.07) is 0. The van der Waals surface area contributed by atoms with Crippen LogP contribution in [0.25, 0.3) is 0 Å². The van der Waals surface area contributed by atoms with Crippen molar-refractivity contribution >= 4 is 41.1 Å². The predicted octanol–water partition coefficient (Wildman–Crippen LogP) is 4.14. The highest BCUT2D eigenvalue weighted by molar-refractivity contribution is 6.34.